The lowest BCUT2D eigenvalue weighted by atomic mass is 10.1. The Morgan fingerprint density at radius 3 is 2.69 bits per heavy atom. The summed E-state index contributed by atoms with van der Waals surface area (Å²) in [7, 11) is 1.21. The molecular formula is C17H13N3O5S. The van der Waals surface area contributed by atoms with Gasteiger partial charge >= 0.3 is 5.97 Å². The van der Waals surface area contributed by atoms with Gasteiger partial charge in [0.1, 0.15) is 0 Å². The lowest BCUT2D eigenvalue weighted by molar-refractivity contribution is -0.384. The molecule has 0 atom stereocenters. The maximum atomic E-state index is 11.9. The van der Waals surface area contributed by atoms with Gasteiger partial charge in [0, 0.05) is 22.6 Å². The van der Waals surface area contributed by atoms with Gasteiger partial charge < -0.3 is 9.15 Å². The number of methoxy groups -OCH3 is 1. The van der Waals surface area contributed by atoms with Gasteiger partial charge in [-0.2, -0.15) is 0 Å². The second-order valence-electron chi connectivity index (χ2n) is 5.22. The van der Waals surface area contributed by atoms with E-state index in [1.54, 1.807) is 0 Å². The van der Waals surface area contributed by atoms with Crippen LogP contribution in [0.1, 0.15) is 15.9 Å². The molecule has 0 saturated carbocycles. The molecule has 0 aliphatic rings. The van der Waals surface area contributed by atoms with Gasteiger partial charge in [0.25, 0.3) is 10.9 Å². The first kappa shape index (κ1) is 17.6. The summed E-state index contributed by atoms with van der Waals surface area (Å²) in [6.07, 6.45) is 0. The largest absolute Gasteiger partial charge is 0.465 e. The summed E-state index contributed by atoms with van der Waals surface area (Å²) in [6, 6.07) is 11.5. The summed E-state index contributed by atoms with van der Waals surface area (Å²) in [5, 5.41) is 19.1. The molecule has 8 nitrogen and oxygen atoms in total. The fourth-order valence-corrected chi connectivity index (χ4v) is 3.04. The molecule has 0 saturated heterocycles. The Balaban J connectivity index is 1.93. The molecular weight excluding hydrogens is 358 g/mol. The summed E-state index contributed by atoms with van der Waals surface area (Å²) in [6.45, 7) is 1.93. The maximum Gasteiger partial charge on any atom is 0.339 e. The van der Waals surface area contributed by atoms with Crippen molar-refractivity contribution >= 4 is 23.4 Å². The number of carbonyl (C=O) groups is 1. The van der Waals surface area contributed by atoms with Gasteiger partial charge in [0.15, 0.2) is 0 Å². The molecule has 1 heterocycles. The highest BCUT2D eigenvalue weighted by molar-refractivity contribution is 7.99. The van der Waals surface area contributed by atoms with Crippen molar-refractivity contribution in [3.63, 3.8) is 0 Å². The second kappa shape index (κ2) is 7.36. The third-order valence-corrected chi connectivity index (χ3v) is 4.47. The molecule has 0 spiro atoms. The van der Waals surface area contributed by atoms with Crippen LogP contribution in [-0.4, -0.2) is 28.2 Å². The predicted octanol–water partition coefficient (Wildman–Crippen LogP) is 3.89. The number of carbonyl (C=O) groups excluding carboxylic acids is 1. The molecule has 0 fully saturated rings. The molecule has 26 heavy (non-hydrogen) atoms. The number of hydrogen-bond donors (Lipinski definition) is 0. The van der Waals surface area contributed by atoms with Gasteiger partial charge in [0.05, 0.1) is 17.6 Å². The fourth-order valence-electron chi connectivity index (χ4n) is 2.26. The van der Waals surface area contributed by atoms with Crippen molar-refractivity contribution in [3.8, 4) is 11.5 Å². The number of ether oxygens (including phenoxy) is 1. The van der Waals surface area contributed by atoms with E-state index in [2.05, 4.69) is 10.2 Å². The van der Waals surface area contributed by atoms with Crippen molar-refractivity contribution in [1.29, 1.82) is 0 Å². The van der Waals surface area contributed by atoms with Crippen molar-refractivity contribution in [2.24, 2.45) is 0 Å². The minimum Gasteiger partial charge on any atom is -0.465 e. The maximum absolute atomic E-state index is 11.9. The number of benzene rings is 2. The smallest absolute Gasteiger partial charge is 0.339 e. The third kappa shape index (κ3) is 3.57. The highest BCUT2D eigenvalue weighted by atomic mass is 32.2. The van der Waals surface area contributed by atoms with Crippen LogP contribution < -0.4 is 0 Å². The lowest BCUT2D eigenvalue weighted by Gasteiger charge is -2.05. The first-order valence-electron chi connectivity index (χ1n) is 7.43. The van der Waals surface area contributed by atoms with Crippen LogP contribution in [-0.2, 0) is 4.74 Å². The first-order valence-corrected chi connectivity index (χ1v) is 8.25. The molecule has 0 aliphatic carbocycles. The van der Waals surface area contributed by atoms with Crippen molar-refractivity contribution in [1.82, 2.24) is 10.2 Å². The summed E-state index contributed by atoms with van der Waals surface area (Å²) in [4.78, 5) is 22.7. The zero-order valence-corrected chi connectivity index (χ0v) is 14.6. The molecule has 0 unspecified atom stereocenters. The fraction of sp³-hybridized carbons (Fsp3) is 0.118. The Labute approximate surface area is 152 Å². The number of esters is 1. The summed E-state index contributed by atoms with van der Waals surface area (Å²) in [5.74, 6) is -0.332. The molecule has 0 bridgehead atoms. The van der Waals surface area contributed by atoms with Crippen LogP contribution in [0.4, 0.5) is 5.69 Å². The van der Waals surface area contributed by atoms with Crippen molar-refractivity contribution in [2.45, 2.75) is 17.0 Å². The number of hydrogen-bond acceptors (Lipinski definition) is 8. The third-order valence-electron chi connectivity index (χ3n) is 3.56. The lowest BCUT2D eigenvalue weighted by Crippen LogP contribution is -2.04. The van der Waals surface area contributed by atoms with Gasteiger partial charge in [-0.3, -0.25) is 10.1 Å². The minimum absolute atomic E-state index is 0.0577. The van der Waals surface area contributed by atoms with Crippen LogP contribution in [0.2, 0.25) is 0 Å². The predicted molar refractivity (Wildman–Crippen MR) is 93.0 cm³/mol. The zero-order valence-electron chi connectivity index (χ0n) is 13.8. The van der Waals surface area contributed by atoms with Gasteiger partial charge in [-0.25, -0.2) is 4.79 Å². The monoisotopic (exact) mass is 371 g/mol. The number of nitrogens with zero attached hydrogens (tertiary/aromatic N) is 3. The van der Waals surface area contributed by atoms with Crippen LogP contribution in [0.25, 0.3) is 11.5 Å². The van der Waals surface area contributed by atoms with E-state index in [4.69, 9.17) is 9.15 Å². The van der Waals surface area contributed by atoms with Crippen LogP contribution >= 0.6 is 11.8 Å². The van der Waals surface area contributed by atoms with Crippen molar-refractivity contribution in [3.05, 3.63) is 63.7 Å². The van der Waals surface area contributed by atoms with Gasteiger partial charge in [-0.15, -0.1) is 10.2 Å². The van der Waals surface area contributed by atoms with E-state index in [1.165, 1.54) is 19.2 Å². The van der Waals surface area contributed by atoms with Crippen molar-refractivity contribution in [2.75, 3.05) is 7.11 Å². The number of rotatable bonds is 5. The van der Waals surface area contributed by atoms with Gasteiger partial charge in [-0.05, 0) is 36.4 Å². The average Bonchev–Trinajstić information content (AvgIpc) is 3.09. The molecule has 0 N–H and O–H groups in total. The molecule has 3 rings (SSSR count). The number of aromatic nitrogens is 2. The quantitative estimate of drug-likeness (QED) is 0.377. The Bertz CT molecular complexity index is 986. The first-order chi connectivity index (χ1) is 12.5. The highest BCUT2D eigenvalue weighted by Crippen LogP contribution is 2.34. The van der Waals surface area contributed by atoms with Gasteiger partial charge in [0.2, 0.25) is 5.89 Å². The zero-order chi connectivity index (χ0) is 18.7. The Kier molecular flexibility index (Phi) is 4.99. The number of nitro groups is 1. The van der Waals surface area contributed by atoms with E-state index >= 15 is 0 Å². The van der Waals surface area contributed by atoms with E-state index in [9.17, 15) is 14.9 Å². The van der Waals surface area contributed by atoms with Crippen LogP contribution in [0.5, 0.6) is 0 Å². The second-order valence-corrected chi connectivity index (χ2v) is 6.21. The molecule has 3 aromatic rings. The van der Waals surface area contributed by atoms with Crippen LogP contribution in [0.15, 0.2) is 57.0 Å². The molecule has 1 aromatic heterocycles. The molecule has 132 valence electrons. The molecule has 0 amide bonds. The Morgan fingerprint density at radius 2 is 2.00 bits per heavy atom. The van der Waals surface area contributed by atoms with E-state index < -0.39 is 10.9 Å². The topological polar surface area (TPSA) is 108 Å². The van der Waals surface area contributed by atoms with Crippen LogP contribution in [0.3, 0.4) is 0 Å². The van der Waals surface area contributed by atoms with Crippen molar-refractivity contribution < 1.29 is 18.9 Å². The molecule has 2 aromatic carbocycles. The molecule has 0 aliphatic heterocycles. The average molecular weight is 371 g/mol. The van der Waals surface area contributed by atoms with E-state index in [-0.39, 0.29) is 16.5 Å². The normalized spacial score (nSPS) is 10.5. The van der Waals surface area contributed by atoms with Crippen LogP contribution in [0, 0.1) is 17.0 Å². The van der Waals surface area contributed by atoms with E-state index in [0.717, 1.165) is 29.0 Å². The van der Waals surface area contributed by atoms with Gasteiger partial charge in [-0.1, -0.05) is 18.2 Å². The number of non-ortho nitro benzene ring substituents is 1. The van der Waals surface area contributed by atoms with E-state index in [0.29, 0.717) is 10.8 Å². The van der Waals surface area contributed by atoms with E-state index in [1.807, 2.05) is 31.2 Å². The Hall–Kier alpha value is -3.20. The summed E-state index contributed by atoms with van der Waals surface area (Å²) < 4.78 is 10.4. The number of nitro benzene ring substituents is 1. The summed E-state index contributed by atoms with van der Waals surface area (Å²) in [5.41, 5.74) is 1.64. The molecule has 0 radical (unpaired) electrons. The highest BCUT2D eigenvalue weighted by Gasteiger charge is 2.20. The minimum atomic E-state index is -0.685. The summed E-state index contributed by atoms with van der Waals surface area (Å²) >= 11 is 1.04. The number of aryl methyl sites for hydroxylation is 1. The Morgan fingerprint density at radius 1 is 1.23 bits per heavy atom. The standard InChI is InChI=1S/C17H13N3O5S/c1-10-5-3-4-6-12(10)15-18-19-17(25-15)26-14-8-7-11(20(22)23)9-13(14)16(21)24-2/h3-9H,1-2H3. The molecule has 9 heteroatoms. The SMILES string of the molecule is COC(=O)c1cc([N+](=O)[O-])ccc1Sc1nnc(-c2ccccc2C)o1.